The Labute approximate surface area is 77.7 Å². The van der Waals surface area contributed by atoms with E-state index >= 15 is 0 Å². The third kappa shape index (κ3) is 2.28. The molecule has 0 bridgehead atoms. The Morgan fingerprint density at radius 3 is 2.38 bits per heavy atom. The number of hydrogen-bond donors (Lipinski definition) is 0. The molecule has 0 aromatic rings. The Hall–Kier alpha value is -1.38. The molecule has 0 N–H and O–H groups in total. The number of carbonyl (C=O) groups excluding carboxylic acids is 2. The number of Topliss-reactive ketones (excluding diaryl/α,β-unsaturated/α-hetero) is 2. The van der Waals surface area contributed by atoms with Gasteiger partial charge in [-0.3, -0.25) is 9.59 Å². The molecule has 0 saturated carbocycles. The molecule has 3 nitrogen and oxygen atoms in total. The van der Waals surface area contributed by atoms with E-state index < -0.39 is 0 Å². The smallest absolute Gasteiger partial charge is 0.161 e. The van der Waals surface area contributed by atoms with Gasteiger partial charge in [0.05, 0.1) is 0 Å². The van der Waals surface area contributed by atoms with Crippen LogP contribution in [0, 0.1) is 0 Å². The minimum absolute atomic E-state index is 0.00898. The highest BCUT2D eigenvalue weighted by Crippen LogP contribution is 2.13. The van der Waals surface area contributed by atoms with Crippen molar-refractivity contribution >= 4 is 11.6 Å². The van der Waals surface area contributed by atoms with Gasteiger partial charge in [0.15, 0.2) is 11.6 Å². The number of carbonyl (C=O) groups is 2. The van der Waals surface area contributed by atoms with E-state index in [1.54, 1.807) is 12.3 Å². The molecule has 0 radical (unpaired) electrons. The maximum Gasteiger partial charge on any atom is 0.161 e. The van der Waals surface area contributed by atoms with Crippen molar-refractivity contribution in [3.05, 3.63) is 23.4 Å². The SMILES string of the molecule is CC(=O)C1=CN(C)CC(C(C)=O)=C1. The van der Waals surface area contributed by atoms with Crippen molar-refractivity contribution in [1.82, 2.24) is 4.90 Å². The van der Waals surface area contributed by atoms with E-state index in [1.165, 1.54) is 13.8 Å². The summed E-state index contributed by atoms with van der Waals surface area (Å²) in [5, 5.41) is 0. The number of allylic oxidation sites excluding steroid dienone is 2. The lowest BCUT2D eigenvalue weighted by molar-refractivity contribution is -0.113. The molecule has 1 aliphatic heterocycles. The Kier molecular flexibility index (Phi) is 2.66. The average Bonchev–Trinajstić information content (AvgIpc) is 2.03. The van der Waals surface area contributed by atoms with Gasteiger partial charge in [0.1, 0.15) is 0 Å². The van der Waals surface area contributed by atoms with Crippen molar-refractivity contribution in [3.8, 4) is 0 Å². The van der Waals surface area contributed by atoms with Gasteiger partial charge >= 0.3 is 0 Å². The van der Waals surface area contributed by atoms with E-state index in [1.807, 2.05) is 11.9 Å². The van der Waals surface area contributed by atoms with Gasteiger partial charge in [-0.25, -0.2) is 0 Å². The fraction of sp³-hybridized carbons (Fsp3) is 0.400. The van der Waals surface area contributed by atoms with Crippen molar-refractivity contribution < 1.29 is 9.59 Å². The first-order chi connectivity index (χ1) is 6.00. The van der Waals surface area contributed by atoms with Gasteiger partial charge in [-0.2, -0.15) is 0 Å². The summed E-state index contributed by atoms with van der Waals surface area (Å²) in [5.41, 5.74) is 1.29. The highest BCUT2D eigenvalue weighted by atomic mass is 16.1. The summed E-state index contributed by atoms with van der Waals surface area (Å²) in [5.74, 6) is 0.0176. The molecule has 0 atom stereocenters. The molecule has 0 aromatic heterocycles. The topological polar surface area (TPSA) is 37.4 Å². The Balaban J connectivity index is 2.98. The summed E-state index contributed by atoms with van der Waals surface area (Å²) in [6, 6.07) is 0. The molecule has 0 unspecified atom stereocenters. The summed E-state index contributed by atoms with van der Waals surface area (Å²) in [4.78, 5) is 24.0. The van der Waals surface area contributed by atoms with Crippen molar-refractivity contribution in [2.45, 2.75) is 13.8 Å². The van der Waals surface area contributed by atoms with Gasteiger partial charge in [-0.1, -0.05) is 0 Å². The van der Waals surface area contributed by atoms with Gasteiger partial charge in [-0.15, -0.1) is 0 Å². The largest absolute Gasteiger partial charge is 0.375 e. The monoisotopic (exact) mass is 179 g/mol. The lowest BCUT2D eigenvalue weighted by atomic mass is 10.0. The van der Waals surface area contributed by atoms with Crippen LogP contribution in [0.25, 0.3) is 0 Å². The van der Waals surface area contributed by atoms with Gasteiger partial charge in [0, 0.05) is 30.9 Å². The second-order valence-corrected chi connectivity index (χ2v) is 3.28. The molecule has 70 valence electrons. The maximum absolute atomic E-state index is 11.1. The standard InChI is InChI=1S/C10H13NO2/c1-7(12)9-4-10(8(2)13)6-11(3)5-9/h4-5H,6H2,1-3H3. The average molecular weight is 179 g/mol. The van der Waals surface area contributed by atoms with Crippen molar-refractivity contribution in [2.24, 2.45) is 0 Å². The summed E-state index contributed by atoms with van der Waals surface area (Å²) >= 11 is 0. The molecule has 1 aliphatic rings. The van der Waals surface area contributed by atoms with Crippen molar-refractivity contribution in [3.63, 3.8) is 0 Å². The molecule has 1 rings (SSSR count). The summed E-state index contributed by atoms with van der Waals surface area (Å²) in [7, 11) is 1.85. The first-order valence-corrected chi connectivity index (χ1v) is 4.15. The zero-order valence-corrected chi connectivity index (χ0v) is 8.13. The Morgan fingerprint density at radius 2 is 1.92 bits per heavy atom. The van der Waals surface area contributed by atoms with Crippen LogP contribution in [-0.4, -0.2) is 30.1 Å². The lowest BCUT2D eigenvalue weighted by Crippen LogP contribution is -2.23. The van der Waals surface area contributed by atoms with Crippen LogP contribution >= 0.6 is 0 Å². The molecule has 3 heteroatoms. The lowest BCUT2D eigenvalue weighted by Gasteiger charge is -2.20. The highest BCUT2D eigenvalue weighted by Gasteiger charge is 2.14. The van der Waals surface area contributed by atoms with Crippen LogP contribution < -0.4 is 0 Å². The summed E-state index contributed by atoms with van der Waals surface area (Å²) < 4.78 is 0. The van der Waals surface area contributed by atoms with E-state index in [4.69, 9.17) is 0 Å². The molecule has 0 fully saturated rings. The normalized spacial score (nSPS) is 16.4. The quantitative estimate of drug-likeness (QED) is 0.632. The Morgan fingerprint density at radius 1 is 1.31 bits per heavy atom. The predicted octanol–water partition coefficient (Wildman–Crippen LogP) is 0.920. The number of ketones is 2. The number of nitrogens with zero attached hydrogens (tertiary/aromatic N) is 1. The first kappa shape index (κ1) is 9.71. The molecule has 0 aliphatic carbocycles. The van der Waals surface area contributed by atoms with Gasteiger partial charge in [0.25, 0.3) is 0 Å². The minimum Gasteiger partial charge on any atom is -0.375 e. The van der Waals surface area contributed by atoms with E-state index in [9.17, 15) is 9.59 Å². The van der Waals surface area contributed by atoms with Crippen LogP contribution in [-0.2, 0) is 9.59 Å². The summed E-state index contributed by atoms with van der Waals surface area (Å²) in [6.45, 7) is 3.61. The molecular weight excluding hydrogens is 166 g/mol. The maximum atomic E-state index is 11.1. The van der Waals surface area contributed by atoms with Crippen LogP contribution in [0.1, 0.15) is 13.8 Å². The molecule has 0 saturated heterocycles. The molecule has 0 amide bonds. The van der Waals surface area contributed by atoms with Crippen LogP contribution in [0.5, 0.6) is 0 Å². The number of likely N-dealkylation sites (N-methyl/N-ethyl adjacent to an activating group) is 1. The zero-order valence-electron chi connectivity index (χ0n) is 8.13. The molecular formula is C10H13NO2. The van der Waals surface area contributed by atoms with E-state index in [0.717, 1.165) is 0 Å². The van der Waals surface area contributed by atoms with Gasteiger partial charge < -0.3 is 4.90 Å². The zero-order chi connectivity index (χ0) is 10.0. The van der Waals surface area contributed by atoms with E-state index in [2.05, 4.69) is 0 Å². The van der Waals surface area contributed by atoms with Crippen LogP contribution in [0.2, 0.25) is 0 Å². The molecule has 1 heterocycles. The molecule has 0 spiro atoms. The third-order valence-corrected chi connectivity index (χ3v) is 1.97. The van der Waals surface area contributed by atoms with Crippen molar-refractivity contribution in [1.29, 1.82) is 0 Å². The van der Waals surface area contributed by atoms with Crippen LogP contribution in [0.3, 0.4) is 0 Å². The Bertz CT molecular complexity index is 313. The second kappa shape index (κ2) is 3.56. The van der Waals surface area contributed by atoms with Gasteiger partial charge in [-0.05, 0) is 19.9 Å². The third-order valence-electron chi connectivity index (χ3n) is 1.97. The fourth-order valence-electron chi connectivity index (χ4n) is 1.23. The van der Waals surface area contributed by atoms with E-state index in [-0.39, 0.29) is 11.6 Å². The molecule has 0 aromatic carbocycles. The minimum atomic E-state index is -0.00898. The summed E-state index contributed by atoms with van der Waals surface area (Å²) in [6.07, 6.45) is 3.43. The van der Waals surface area contributed by atoms with E-state index in [0.29, 0.717) is 17.7 Å². The fourth-order valence-corrected chi connectivity index (χ4v) is 1.23. The number of hydrogen-bond acceptors (Lipinski definition) is 3. The molecule has 13 heavy (non-hydrogen) atoms. The predicted molar refractivity (Wildman–Crippen MR) is 50.2 cm³/mol. The van der Waals surface area contributed by atoms with Gasteiger partial charge in [0.2, 0.25) is 0 Å². The second-order valence-electron chi connectivity index (χ2n) is 3.28. The van der Waals surface area contributed by atoms with Crippen LogP contribution in [0.4, 0.5) is 0 Å². The number of rotatable bonds is 2. The highest BCUT2D eigenvalue weighted by molar-refractivity contribution is 6.01. The van der Waals surface area contributed by atoms with Crippen molar-refractivity contribution in [2.75, 3.05) is 13.6 Å². The first-order valence-electron chi connectivity index (χ1n) is 4.15. The van der Waals surface area contributed by atoms with Crippen LogP contribution in [0.15, 0.2) is 23.4 Å².